The van der Waals surface area contributed by atoms with Crippen LogP contribution in [0.3, 0.4) is 0 Å². The Morgan fingerprint density at radius 3 is 2.85 bits per heavy atom. The summed E-state index contributed by atoms with van der Waals surface area (Å²) >= 11 is 0. The van der Waals surface area contributed by atoms with Gasteiger partial charge in [0.2, 0.25) is 0 Å². The van der Waals surface area contributed by atoms with Crippen LogP contribution in [0.15, 0.2) is 41.3 Å². The van der Waals surface area contributed by atoms with Gasteiger partial charge in [-0.25, -0.2) is 4.98 Å². The average molecular weight is 463 g/mol. The van der Waals surface area contributed by atoms with Gasteiger partial charge in [0.1, 0.15) is 5.75 Å². The van der Waals surface area contributed by atoms with Gasteiger partial charge in [0.05, 0.1) is 30.0 Å². The molecule has 10 heteroatoms. The second kappa shape index (κ2) is 8.37. The molecule has 5 heterocycles. The maximum absolute atomic E-state index is 12.5. The molecule has 1 unspecified atom stereocenters. The molecule has 10 nitrogen and oxygen atoms in total. The zero-order valence-electron chi connectivity index (χ0n) is 18.9. The van der Waals surface area contributed by atoms with E-state index in [1.807, 2.05) is 18.2 Å². The molecule has 176 valence electrons. The number of nitrogens with zero attached hydrogens (tertiary/aromatic N) is 4. The summed E-state index contributed by atoms with van der Waals surface area (Å²) in [6.45, 7) is 4.17. The molecule has 1 amide bonds. The van der Waals surface area contributed by atoms with E-state index in [9.17, 15) is 9.59 Å². The predicted octanol–water partition coefficient (Wildman–Crippen LogP) is 0.851. The Morgan fingerprint density at radius 2 is 2.03 bits per heavy atom. The van der Waals surface area contributed by atoms with Crippen LogP contribution in [0, 0.1) is 11.8 Å². The number of aromatic nitrogens is 3. The number of anilines is 1. The first-order chi connectivity index (χ1) is 16.6. The summed E-state index contributed by atoms with van der Waals surface area (Å²) in [4.78, 5) is 35.4. The fourth-order valence-electron chi connectivity index (χ4n) is 5.16. The summed E-state index contributed by atoms with van der Waals surface area (Å²) in [5, 5.41) is 6.37. The second-order valence-corrected chi connectivity index (χ2v) is 9.08. The van der Waals surface area contributed by atoms with E-state index in [1.165, 1.54) is 0 Å². The molecule has 0 bridgehead atoms. The van der Waals surface area contributed by atoms with Crippen molar-refractivity contribution in [1.29, 1.82) is 0 Å². The van der Waals surface area contributed by atoms with Gasteiger partial charge in [0.15, 0.2) is 18.2 Å². The van der Waals surface area contributed by atoms with Gasteiger partial charge in [-0.15, -0.1) is 0 Å². The first-order valence-electron chi connectivity index (χ1n) is 11.5. The van der Waals surface area contributed by atoms with Crippen molar-refractivity contribution in [3.05, 3.63) is 52.6 Å². The molecule has 0 aromatic carbocycles. The van der Waals surface area contributed by atoms with Crippen molar-refractivity contribution in [3.8, 4) is 11.5 Å². The molecular weight excluding hydrogens is 436 g/mol. The second-order valence-electron chi connectivity index (χ2n) is 9.08. The first-order valence-corrected chi connectivity index (χ1v) is 11.5. The highest BCUT2D eigenvalue weighted by atomic mass is 16.5. The quantitative estimate of drug-likeness (QED) is 0.532. The topological polar surface area (TPSA) is 111 Å². The molecule has 1 saturated heterocycles. The van der Waals surface area contributed by atoms with Crippen LogP contribution in [0.5, 0.6) is 11.5 Å². The standard InChI is InChI=1S/C24H26N6O4/c1-33-15-8-19-18(25-10-15)3-5-22(32)30(19)7-6-29-11-16-17(12-29)23(16)26-9-14-2-4-20-24(27-14)28-21(31)13-34-20/h2-5,8,10,16-17,23,26H,6-7,9,11-13H2,1H3,(H,27,28,31)/t16-,17+,23?. The Morgan fingerprint density at radius 1 is 1.18 bits per heavy atom. The van der Waals surface area contributed by atoms with Crippen molar-refractivity contribution in [2.45, 2.75) is 19.1 Å². The molecular formula is C24H26N6O4. The summed E-state index contributed by atoms with van der Waals surface area (Å²) in [6, 6.07) is 9.47. The minimum Gasteiger partial charge on any atom is -0.495 e. The Hall–Kier alpha value is -3.50. The molecule has 2 aliphatic heterocycles. The van der Waals surface area contributed by atoms with Crippen LogP contribution in [0.25, 0.3) is 11.0 Å². The third-order valence-electron chi connectivity index (χ3n) is 7.01. The predicted molar refractivity (Wildman–Crippen MR) is 125 cm³/mol. The minimum atomic E-state index is -0.178. The molecule has 2 N–H and O–H groups in total. The maximum Gasteiger partial charge on any atom is 0.263 e. The maximum atomic E-state index is 12.5. The molecule has 1 saturated carbocycles. The van der Waals surface area contributed by atoms with E-state index in [1.54, 1.807) is 30.0 Å². The largest absolute Gasteiger partial charge is 0.495 e. The third kappa shape index (κ3) is 3.88. The summed E-state index contributed by atoms with van der Waals surface area (Å²) in [6.07, 6.45) is 1.67. The number of likely N-dealkylation sites (tertiary alicyclic amines) is 1. The lowest BCUT2D eigenvalue weighted by atomic mass is 10.3. The Labute approximate surface area is 195 Å². The molecule has 2 fully saturated rings. The smallest absolute Gasteiger partial charge is 0.263 e. The zero-order chi connectivity index (χ0) is 23.2. The number of amides is 1. The highest BCUT2D eigenvalue weighted by molar-refractivity contribution is 5.94. The van der Waals surface area contributed by atoms with E-state index in [2.05, 4.69) is 25.5 Å². The van der Waals surface area contributed by atoms with Gasteiger partial charge in [-0.3, -0.25) is 14.6 Å². The van der Waals surface area contributed by atoms with Crippen LogP contribution < -0.4 is 25.7 Å². The van der Waals surface area contributed by atoms with Gasteiger partial charge >= 0.3 is 0 Å². The first kappa shape index (κ1) is 21.1. The van der Waals surface area contributed by atoms with E-state index >= 15 is 0 Å². The number of piperidine rings is 1. The van der Waals surface area contributed by atoms with E-state index in [4.69, 9.17) is 9.47 Å². The molecule has 34 heavy (non-hydrogen) atoms. The Bertz CT molecular complexity index is 1310. The minimum absolute atomic E-state index is 0.0226. The van der Waals surface area contributed by atoms with Crippen molar-refractivity contribution in [2.75, 3.05) is 38.7 Å². The van der Waals surface area contributed by atoms with Gasteiger partial charge in [0.25, 0.3) is 11.5 Å². The lowest BCUT2D eigenvalue weighted by molar-refractivity contribution is -0.118. The summed E-state index contributed by atoms with van der Waals surface area (Å²) in [5.74, 6) is 2.81. The average Bonchev–Trinajstić information content (AvgIpc) is 3.30. The van der Waals surface area contributed by atoms with Crippen LogP contribution >= 0.6 is 0 Å². The summed E-state index contributed by atoms with van der Waals surface area (Å²) in [5.41, 5.74) is 2.45. The number of nitrogens with one attached hydrogen (secondary N) is 2. The number of fused-ring (bicyclic) bond motifs is 3. The van der Waals surface area contributed by atoms with Crippen molar-refractivity contribution in [1.82, 2.24) is 24.8 Å². The van der Waals surface area contributed by atoms with Crippen molar-refractivity contribution in [2.24, 2.45) is 11.8 Å². The molecule has 0 spiro atoms. The molecule has 3 aromatic rings. The number of hydrogen-bond donors (Lipinski definition) is 2. The van der Waals surface area contributed by atoms with E-state index in [-0.39, 0.29) is 18.1 Å². The van der Waals surface area contributed by atoms with E-state index < -0.39 is 0 Å². The third-order valence-corrected chi connectivity index (χ3v) is 7.01. The lowest BCUT2D eigenvalue weighted by Crippen LogP contribution is -2.34. The van der Waals surface area contributed by atoms with Crippen LogP contribution in [0.4, 0.5) is 5.82 Å². The van der Waals surface area contributed by atoms with Crippen molar-refractivity contribution < 1.29 is 14.3 Å². The van der Waals surface area contributed by atoms with Crippen LogP contribution in [-0.2, 0) is 17.9 Å². The van der Waals surface area contributed by atoms with Gasteiger partial charge in [-0.05, 0) is 30.0 Å². The molecule has 1 aliphatic carbocycles. The monoisotopic (exact) mass is 462 g/mol. The Kier molecular flexibility index (Phi) is 5.19. The van der Waals surface area contributed by atoms with Gasteiger partial charge in [0, 0.05) is 50.9 Å². The highest BCUT2D eigenvalue weighted by Crippen LogP contribution is 2.45. The normalized spacial score (nSPS) is 23.2. The van der Waals surface area contributed by atoms with E-state index in [0.717, 1.165) is 36.4 Å². The van der Waals surface area contributed by atoms with Gasteiger partial charge in [-0.2, -0.15) is 0 Å². The van der Waals surface area contributed by atoms with Crippen LogP contribution in [0.2, 0.25) is 0 Å². The molecule has 3 aliphatic rings. The fraction of sp³-hybridized carbons (Fsp3) is 0.417. The van der Waals surface area contributed by atoms with Crippen molar-refractivity contribution in [3.63, 3.8) is 0 Å². The van der Waals surface area contributed by atoms with Crippen LogP contribution in [0.1, 0.15) is 5.69 Å². The SMILES string of the molecule is COc1cnc2ccc(=O)n(CCN3C[C@@H]4C(NCc5ccc6c(n5)NC(=O)CO6)[C@@H]4C3)c2c1. The molecule has 0 radical (unpaired) electrons. The zero-order valence-corrected chi connectivity index (χ0v) is 18.9. The number of rotatable bonds is 7. The lowest BCUT2D eigenvalue weighted by Gasteiger charge is -2.21. The molecule has 3 aromatic heterocycles. The number of carbonyl (C=O) groups is 1. The fourth-order valence-corrected chi connectivity index (χ4v) is 5.16. The summed E-state index contributed by atoms with van der Waals surface area (Å²) in [7, 11) is 1.60. The summed E-state index contributed by atoms with van der Waals surface area (Å²) < 4.78 is 12.4. The van der Waals surface area contributed by atoms with Crippen molar-refractivity contribution >= 4 is 22.8 Å². The van der Waals surface area contributed by atoms with Crippen LogP contribution in [-0.4, -0.2) is 64.7 Å². The molecule has 6 rings (SSSR count). The number of methoxy groups -OCH3 is 1. The Balaban J connectivity index is 1.03. The van der Waals surface area contributed by atoms with Gasteiger partial charge < -0.3 is 29.6 Å². The molecule has 3 atom stereocenters. The number of hydrogen-bond acceptors (Lipinski definition) is 8. The number of carbonyl (C=O) groups excluding carboxylic acids is 1. The highest BCUT2D eigenvalue weighted by Gasteiger charge is 2.55. The number of pyridine rings is 3. The number of ether oxygens (including phenoxy) is 2. The van der Waals surface area contributed by atoms with E-state index in [0.29, 0.717) is 48.3 Å². The van der Waals surface area contributed by atoms with Gasteiger partial charge in [-0.1, -0.05) is 0 Å².